The smallest absolute Gasteiger partial charge is 0.232 e. The van der Waals surface area contributed by atoms with Gasteiger partial charge in [-0.1, -0.05) is 23.4 Å². The molecule has 3 aliphatic rings. The first-order chi connectivity index (χ1) is 12.3. The molecule has 0 spiro atoms. The molecular weight excluding hydrogens is 318 g/mol. The van der Waals surface area contributed by atoms with Crippen LogP contribution in [0.1, 0.15) is 36.6 Å². The second-order valence-corrected chi connectivity index (χ2v) is 7.26. The van der Waals surface area contributed by atoms with Gasteiger partial charge in [0, 0.05) is 25.2 Å². The highest BCUT2D eigenvalue weighted by Crippen LogP contribution is 2.44. The van der Waals surface area contributed by atoms with Crippen LogP contribution in [-0.4, -0.2) is 53.6 Å². The van der Waals surface area contributed by atoms with Gasteiger partial charge in [-0.25, -0.2) is 0 Å². The molecule has 6 nitrogen and oxygen atoms in total. The number of aromatic nitrogens is 2. The van der Waals surface area contributed by atoms with Crippen LogP contribution in [0.3, 0.4) is 0 Å². The molecule has 1 aromatic carbocycles. The summed E-state index contributed by atoms with van der Waals surface area (Å²) < 4.78 is 16.9. The molecule has 0 radical (unpaired) electrons. The van der Waals surface area contributed by atoms with Gasteiger partial charge in [-0.05, 0) is 30.9 Å². The van der Waals surface area contributed by atoms with Gasteiger partial charge < -0.3 is 14.0 Å². The van der Waals surface area contributed by atoms with Gasteiger partial charge in [-0.3, -0.25) is 4.90 Å². The molecule has 0 amide bonds. The molecule has 3 fully saturated rings. The van der Waals surface area contributed by atoms with Crippen LogP contribution in [-0.2, 0) is 16.0 Å². The van der Waals surface area contributed by atoms with E-state index in [9.17, 15) is 0 Å². The van der Waals surface area contributed by atoms with Gasteiger partial charge in [-0.15, -0.1) is 0 Å². The minimum atomic E-state index is 0.269. The zero-order valence-corrected chi connectivity index (χ0v) is 14.3. The van der Waals surface area contributed by atoms with Crippen molar-refractivity contribution in [2.24, 2.45) is 0 Å². The van der Waals surface area contributed by atoms with E-state index in [-0.39, 0.29) is 12.0 Å². The molecule has 3 saturated heterocycles. The van der Waals surface area contributed by atoms with Gasteiger partial charge in [0.2, 0.25) is 11.7 Å². The Hall–Kier alpha value is -1.76. The minimum absolute atomic E-state index is 0.269. The number of ether oxygens (including phenoxy) is 2. The zero-order chi connectivity index (χ0) is 16.6. The van der Waals surface area contributed by atoms with E-state index in [4.69, 9.17) is 14.0 Å². The number of benzene rings is 1. The Bertz CT molecular complexity index is 741. The lowest BCUT2D eigenvalue weighted by Gasteiger charge is -2.26. The Morgan fingerprint density at radius 1 is 1.16 bits per heavy atom. The van der Waals surface area contributed by atoms with Crippen molar-refractivity contribution in [3.8, 4) is 11.4 Å². The number of hydrogen-bond acceptors (Lipinski definition) is 6. The van der Waals surface area contributed by atoms with Crippen molar-refractivity contribution in [2.75, 3.05) is 26.3 Å². The lowest BCUT2D eigenvalue weighted by atomic mass is 9.89. The molecule has 0 saturated carbocycles. The van der Waals surface area contributed by atoms with Crippen molar-refractivity contribution >= 4 is 0 Å². The van der Waals surface area contributed by atoms with Crippen molar-refractivity contribution < 1.29 is 14.0 Å². The summed E-state index contributed by atoms with van der Waals surface area (Å²) in [5, 5.41) is 4.23. The van der Waals surface area contributed by atoms with E-state index in [0.29, 0.717) is 11.9 Å². The van der Waals surface area contributed by atoms with Gasteiger partial charge in [-0.2, -0.15) is 4.98 Å². The first-order valence-corrected chi connectivity index (χ1v) is 9.23. The third-order valence-electron chi connectivity index (χ3n) is 5.56. The molecular formula is C19H23N3O3. The minimum Gasteiger partial charge on any atom is -0.379 e. The summed E-state index contributed by atoms with van der Waals surface area (Å²) in [6.07, 6.45) is 3.96. The van der Waals surface area contributed by atoms with E-state index in [1.165, 1.54) is 12.0 Å². The highest BCUT2D eigenvalue weighted by molar-refractivity contribution is 5.55. The summed E-state index contributed by atoms with van der Waals surface area (Å²) in [6.45, 7) is 4.54. The number of morpholine rings is 1. The average Bonchev–Trinajstić information content (AvgIpc) is 3.39. The summed E-state index contributed by atoms with van der Waals surface area (Å²) in [4.78, 5) is 7.09. The number of nitrogens with zero attached hydrogens (tertiary/aromatic N) is 3. The van der Waals surface area contributed by atoms with Crippen LogP contribution in [0.25, 0.3) is 11.4 Å². The van der Waals surface area contributed by atoms with Gasteiger partial charge in [0.05, 0.1) is 31.3 Å². The highest BCUT2D eigenvalue weighted by Gasteiger charge is 2.44. The van der Waals surface area contributed by atoms with Gasteiger partial charge in [0.1, 0.15) is 0 Å². The van der Waals surface area contributed by atoms with Crippen molar-refractivity contribution in [1.82, 2.24) is 15.0 Å². The summed E-state index contributed by atoms with van der Waals surface area (Å²) in [5.41, 5.74) is 2.29. The maximum atomic E-state index is 5.91. The third kappa shape index (κ3) is 3.10. The van der Waals surface area contributed by atoms with Crippen LogP contribution < -0.4 is 0 Å². The summed E-state index contributed by atoms with van der Waals surface area (Å²) >= 11 is 0. The summed E-state index contributed by atoms with van der Waals surface area (Å²) in [5.74, 6) is 1.69. The Labute approximate surface area is 147 Å². The fourth-order valence-corrected chi connectivity index (χ4v) is 4.23. The molecule has 0 aliphatic carbocycles. The molecule has 0 unspecified atom stereocenters. The van der Waals surface area contributed by atoms with Crippen LogP contribution in [0.4, 0.5) is 0 Å². The predicted molar refractivity (Wildman–Crippen MR) is 91.1 cm³/mol. The maximum Gasteiger partial charge on any atom is 0.232 e. The lowest BCUT2D eigenvalue weighted by Crippen LogP contribution is -2.35. The molecule has 25 heavy (non-hydrogen) atoms. The van der Waals surface area contributed by atoms with Crippen molar-refractivity contribution in [3.05, 3.63) is 35.7 Å². The number of rotatable bonds is 4. The van der Waals surface area contributed by atoms with E-state index < -0.39 is 0 Å². The second-order valence-electron chi connectivity index (χ2n) is 7.26. The van der Waals surface area contributed by atoms with E-state index in [1.807, 2.05) is 0 Å². The van der Waals surface area contributed by atoms with Crippen molar-refractivity contribution in [3.63, 3.8) is 0 Å². The summed E-state index contributed by atoms with van der Waals surface area (Å²) in [7, 11) is 0. The SMILES string of the molecule is c1cc(CN2CCOCC2)cc(-c2noc([C@H]3C[C@H]4CC[C@@H]3O4)n2)c1. The maximum absolute atomic E-state index is 5.91. The van der Waals surface area contributed by atoms with Crippen molar-refractivity contribution in [1.29, 1.82) is 0 Å². The molecule has 1 aromatic heterocycles. The molecule has 0 N–H and O–H groups in total. The Morgan fingerprint density at radius 2 is 2.08 bits per heavy atom. The molecule has 5 rings (SSSR count). The molecule has 2 aromatic rings. The van der Waals surface area contributed by atoms with Gasteiger partial charge >= 0.3 is 0 Å². The van der Waals surface area contributed by atoms with Crippen molar-refractivity contribution in [2.45, 2.75) is 43.9 Å². The molecule has 4 heterocycles. The van der Waals surface area contributed by atoms with Crippen LogP contribution in [0.5, 0.6) is 0 Å². The monoisotopic (exact) mass is 341 g/mol. The fourth-order valence-electron chi connectivity index (χ4n) is 4.23. The largest absolute Gasteiger partial charge is 0.379 e. The van der Waals surface area contributed by atoms with Crippen LogP contribution >= 0.6 is 0 Å². The molecule has 6 heteroatoms. The molecule has 2 bridgehead atoms. The standard InChI is InChI=1S/C19H23N3O3/c1-2-13(12-22-6-8-23-9-7-22)10-14(3-1)18-20-19(25-21-18)16-11-15-4-5-17(16)24-15/h1-3,10,15-17H,4-9,11-12H2/t15-,16+,17+/m1/s1. The normalized spacial score (nSPS) is 29.4. The molecule has 3 atom stereocenters. The number of fused-ring (bicyclic) bond motifs is 2. The van der Waals surface area contributed by atoms with E-state index in [1.54, 1.807) is 0 Å². The van der Waals surface area contributed by atoms with Gasteiger partial charge in [0.15, 0.2) is 0 Å². The van der Waals surface area contributed by atoms with Crippen LogP contribution in [0, 0.1) is 0 Å². The fraction of sp³-hybridized carbons (Fsp3) is 0.579. The third-order valence-corrected chi connectivity index (χ3v) is 5.56. The topological polar surface area (TPSA) is 60.6 Å². The Balaban J connectivity index is 1.32. The predicted octanol–water partition coefficient (Wildman–Crippen LogP) is 2.60. The second kappa shape index (κ2) is 6.52. The quantitative estimate of drug-likeness (QED) is 0.852. The van der Waals surface area contributed by atoms with Crippen LogP contribution in [0.15, 0.2) is 28.8 Å². The van der Waals surface area contributed by atoms with E-state index in [2.05, 4.69) is 39.3 Å². The highest BCUT2D eigenvalue weighted by atomic mass is 16.5. The first kappa shape index (κ1) is 15.5. The lowest BCUT2D eigenvalue weighted by molar-refractivity contribution is 0.0342. The first-order valence-electron chi connectivity index (χ1n) is 9.23. The Morgan fingerprint density at radius 3 is 2.88 bits per heavy atom. The molecule has 3 aliphatic heterocycles. The molecule has 132 valence electrons. The Kier molecular flexibility index (Phi) is 4.04. The van der Waals surface area contributed by atoms with E-state index in [0.717, 1.165) is 57.1 Å². The van der Waals surface area contributed by atoms with Gasteiger partial charge in [0.25, 0.3) is 0 Å². The van der Waals surface area contributed by atoms with Crippen LogP contribution in [0.2, 0.25) is 0 Å². The van der Waals surface area contributed by atoms with E-state index >= 15 is 0 Å². The number of hydrogen-bond donors (Lipinski definition) is 0. The zero-order valence-electron chi connectivity index (χ0n) is 14.3. The summed E-state index contributed by atoms with van der Waals surface area (Å²) in [6, 6.07) is 8.45. The average molecular weight is 341 g/mol.